The second-order valence-electron chi connectivity index (χ2n) is 5.54. The van der Waals surface area contributed by atoms with Crippen LogP contribution in [0.25, 0.3) is 12.2 Å². The van der Waals surface area contributed by atoms with E-state index in [1.54, 1.807) is 30.4 Å². The van der Waals surface area contributed by atoms with E-state index >= 15 is 0 Å². The highest BCUT2D eigenvalue weighted by molar-refractivity contribution is 5.72. The smallest absolute Gasteiger partial charge is 0.123 e. The molecule has 2 heteroatoms. The van der Waals surface area contributed by atoms with E-state index < -0.39 is 0 Å². The number of phenolic OH excluding ortho intramolecular Hbond substituents is 2. The molecule has 2 N–H and O–H groups in total. The topological polar surface area (TPSA) is 40.5 Å². The maximum Gasteiger partial charge on any atom is 0.123 e. The lowest BCUT2D eigenvalue weighted by atomic mass is 9.75. The Morgan fingerprint density at radius 2 is 1.43 bits per heavy atom. The molecule has 0 atom stereocenters. The molecule has 2 aromatic rings. The number of hydrogen-bond acceptors (Lipinski definition) is 2. The van der Waals surface area contributed by atoms with Crippen LogP contribution in [0.5, 0.6) is 11.5 Å². The first-order chi connectivity index (χ1) is 9.91. The fourth-order valence-corrected chi connectivity index (χ4v) is 2.64. The van der Waals surface area contributed by atoms with Crippen molar-refractivity contribution in [1.82, 2.24) is 0 Å². The average molecular weight is 280 g/mol. The Morgan fingerprint density at radius 3 is 1.95 bits per heavy atom. The van der Waals surface area contributed by atoms with Gasteiger partial charge in [0.25, 0.3) is 0 Å². The molecule has 0 bridgehead atoms. The van der Waals surface area contributed by atoms with E-state index in [0.29, 0.717) is 5.56 Å². The van der Waals surface area contributed by atoms with Crippen LogP contribution in [0.2, 0.25) is 0 Å². The zero-order valence-corrected chi connectivity index (χ0v) is 12.4. The van der Waals surface area contributed by atoms with Gasteiger partial charge in [0, 0.05) is 11.0 Å². The van der Waals surface area contributed by atoms with Crippen molar-refractivity contribution in [2.45, 2.75) is 19.3 Å². The molecule has 0 saturated carbocycles. The summed E-state index contributed by atoms with van der Waals surface area (Å²) >= 11 is 0. The molecule has 21 heavy (non-hydrogen) atoms. The molecule has 2 nitrogen and oxygen atoms in total. The predicted octanol–water partition coefficient (Wildman–Crippen LogP) is 4.71. The molecular weight excluding hydrogens is 260 g/mol. The van der Waals surface area contributed by atoms with Gasteiger partial charge >= 0.3 is 0 Å². The van der Waals surface area contributed by atoms with E-state index in [9.17, 15) is 10.2 Å². The minimum Gasteiger partial charge on any atom is -0.508 e. The van der Waals surface area contributed by atoms with Gasteiger partial charge in [-0.25, -0.2) is 0 Å². The van der Waals surface area contributed by atoms with Crippen LogP contribution in [0.1, 0.15) is 36.1 Å². The molecule has 0 saturated heterocycles. The van der Waals surface area contributed by atoms with Gasteiger partial charge in [-0.1, -0.05) is 57.4 Å². The van der Waals surface area contributed by atoms with E-state index in [0.717, 1.165) is 16.7 Å². The number of phenols is 2. The SMILES string of the molecule is C=Cc1c(O)ccc(C(C)(C)c2ccc(O)cc2)c1C=C. The van der Waals surface area contributed by atoms with Crippen molar-refractivity contribution in [1.29, 1.82) is 0 Å². The van der Waals surface area contributed by atoms with Gasteiger partial charge in [0.1, 0.15) is 11.5 Å². The Bertz CT molecular complexity index is 679. The number of benzene rings is 2. The summed E-state index contributed by atoms with van der Waals surface area (Å²) in [6.07, 6.45) is 3.39. The number of rotatable bonds is 4. The largest absolute Gasteiger partial charge is 0.508 e. The molecule has 0 fully saturated rings. The summed E-state index contributed by atoms with van der Waals surface area (Å²) in [6.45, 7) is 11.8. The van der Waals surface area contributed by atoms with Crippen molar-refractivity contribution < 1.29 is 10.2 Å². The molecule has 0 aromatic heterocycles. The lowest BCUT2D eigenvalue weighted by Crippen LogP contribution is -2.20. The standard InChI is InChI=1S/C19H20O2/c1-5-15-16(6-2)18(21)12-11-17(15)19(3,4)13-7-9-14(20)10-8-13/h5-12,20-21H,1-2H2,3-4H3. The van der Waals surface area contributed by atoms with Crippen molar-refractivity contribution >= 4 is 12.2 Å². The third-order valence-electron chi connectivity index (χ3n) is 3.93. The Morgan fingerprint density at radius 1 is 0.857 bits per heavy atom. The molecule has 108 valence electrons. The van der Waals surface area contributed by atoms with Crippen LogP contribution < -0.4 is 0 Å². The quantitative estimate of drug-likeness (QED) is 0.851. The maximum absolute atomic E-state index is 9.97. The Labute approximate surface area is 125 Å². The lowest BCUT2D eigenvalue weighted by Gasteiger charge is -2.29. The minimum absolute atomic E-state index is 0.199. The van der Waals surface area contributed by atoms with E-state index in [1.165, 1.54) is 0 Å². The summed E-state index contributed by atoms with van der Waals surface area (Å²) in [5, 5.41) is 19.4. The van der Waals surface area contributed by atoms with Crippen LogP contribution in [-0.4, -0.2) is 10.2 Å². The molecule has 2 rings (SSSR count). The van der Waals surface area contributed by atoms with Crippen LogP contribution in [0.4, 0.5) is 0 Å². The van der Waals surface area contributed by atoms with Gasteiger partial charge < -0.3 is 10.2 Å². The third kappa shape index (κ3) is 2.57. The lowest BCUT2D eigenvalue weighted by molar-refractivity contribution is 0.473. The summed E-state index contributed by atoms with van der Waals surface area (Å²) in [5.74, 6) is 0.445. The van der Waals surface area contributed by atoms with Gasteiger partial charge in [-0.2, -0.15) is 0 Å². The van der Waals surface area contributed by atoms with Gasteiger partial charge in [-0.15, -0.1) is 0 Å². The molecule has 0 heterocycles. The fourth-order valence-electron chi connectivity index (χ4n) is 2.64. The van der Waals surface area contributed by atoms with Crippen molar-refractivity contribution in [2.75, 3.05) is 0 Å². The van der Waals surface area contributed by atoms with Crippen molar-refractivity contribution in [2.24, 2.45) is 0 Å². The fraction of sp³-hybridized carbons (Fsp3) is 0.158. The minimum atomic E-state index is -0.289. The highest BCUT2D eigenvalue weighted by Gasteiger charge is 2.26. The van der Waals surface area contributed by atoms with Gasteiger partial charge in [-0.05, 0) is 34.9 Å². The van der Waals surface area contributed by atoms with Crippen molar-refractivity contribution in [3.63, 3.8) is 0 Å². The highest BCUT2D eigenvalue weighted by atomic mass is 16.3. The number of aromatic hydroxyl groups is 2. The van der Waals surface area contributed by atoms with Gasteiger partial charge in [0.2, 0.25) is 0 Å². The van der Waals surface area contributed by atoms with Crippen LogP contribution >= 0.6 is 0 Å². The average Bonchev–Trinajstić information content (AvgIpc) is 2.46. The van der Waals surface area contributed by atoms with Crippen molar-refractivity contribution in [3.05, 3.63) is 71.8 Å². The normalized spacial score (nSPS) is 11.1. The summed E-state index contributed by atoms with van der Waals surface area (Å²) in [4.78, 5) is 0. The third-order valence-corrected chi connectivity index (χ3v) is 3.93. The zero-order valence-electron chi connectivity index (χ0n) is 12.4. The van der Waals surface area contributed by atoms with Crippen LogP contribution in [0, 0.1) is 0 Å². The van der Waals surface area contributed by atoms with Crippen molar-refractivity contribution in [3.8, 4) is 11.5 Å². The molecule has 0 radical (unpaired) electrons. The monoisotopic (exact) mass is 280 g/mol. The van der Waals surface area contributed by atoms with Crippen LogP contribution in [0.15, 0.2) is 49.6 Å². The second kappa shape index (κ2) is 5.49. The van der Waals surface area contributed by atoms with E-state index in [2.05, 4.69) is 27.0 Å². The molecular formula is C19H20O2. The molecule has 2 aromatic carbocycles. The molecule has 0 unspecified atom stereocenters. The summed E-state index contributed by atoms with van der Waals surface area (Å²) in [6, 6.07) is 10.8. The van der Waals surface area contributed by atoms with Crippen LogP contribution in [0.3, 0.4) is 0 Å². The molecule has 0 spiro atoms. The molecule has 0 amide bonds. The molecule has 0 aliphatic carbocycles. The maximum atomic E-state index is 9.97. The Balaban J connectivity index is 2.67. The summed E-state index contributed by atoms with van der Waals surface area (Å²) in [7, 11) is 0. The molecule has 0 aliphatic heterocycles. The molecule has 0 aliphatic rings. The van der Waals surface area contributed by atoms with E-state index in [1.807, 2.05) is 18.2 Å². The Hall–Kier alpha value is -2.48. The van der Waals surface area contributed by atoms with Crippen LogP contribution in [-0.2, 0) is 5.41 Å². The van der Waals surface area contributed by atoms with Gasteiger partial charge in [0.15, 0.2) is 0 Å². The van der Waals surface area contributed by atoms with E-state index in [4.69, 9.17) is 0 Å². The predicted molar refractivity (Wildman–Crippen MR) is 88.5 cm³/mol. The first-order valence-corrected chi connectivity index (χ1v) is 6.82. The summed E-state index contributed by atoms with van der Waals surface area (Å²) in [5.41, 5.74) is 3.40. The first-order valence-electron chi connectivity index (χ1n) is 6.82. The van der Waals surface area contributed by atoms with Gasteiger partial charge in [-0.3, -0.25) is 0 Å². The number of hydrogen-bond donors (Lipinski definition) is 2. The highest BCUT2D eigenvalue weighted by Crippen LogP contribution is 2.38. The van der Waals surface area contributed by atoms with Gasteiger partial charge in [0.05, 0.1) is 0 Å². The zero-order chi connectivity index (χ0) is 15.6. The summed E-state index contributed by atoms with van der Waals surface area (Å²) < 4.78 is 0. The first kappa shape index (κ1) is 14.9. The Kier molecular flexibility index (Phi) is 3.90. The second-order valence-corrected chi connectivity index (χ2v) is 5.54. The van der Waals surface area contributed by atoms with E-state index in [-0.39, 0.29) is 16.9 Å².